The quantitative estimate of drug-likeness (QED) is 0.928. The van der Waals surface area contributed by atoms with Gasteiger partial charge in [-0.2, -0.15) is 13.2 Å². The van der Waals surface area contributed by atoms with Crippen molar-refractivity contribution in [2.24, 2.45) is 5.73 Å². The summed E-state index contributed by atoms with van der Waals surface area (Å²) in [7, 11) is 0. The maximum absolute atomic E-state index is 12.8. The summed E-state index contributed by atoms with van der Waals surface area (Å²) in [6, 6.07) is 4.56. The summed E-state index contributed by atoms with van der Waals surface area (Å²) in [5.41, 5.74) is 5.36. The van der Waals surface area contributed by atoms with E-state index in [1.807, 2.05) is 6.92 Å². The molecule has 118 valence electrons. The van der Waals surface area contributed by atoms with Crippen molar-refractivity contribution in [1.29, 1.82) is 0 Å². The molecule has 0 radical (unpaired) electrons. The van der Waals surface area contributed by atoms with Crippen molar-refractivity contribution in [2.75, 3.05) is 19.8 Å². The zero-order valence-corrected chi connectivity index (χ0v) is 12.0. The van der Waals surface area contributed by atoms with Crippen LogP contribution in [0.3, 0.4) is 0 Å². The Morgan fingerprint density at radius 2 is 2.00 bits per heavy atom. The van der Waals surface area contributed by atoms with Crippen LogP contribution in [-0.4, -0.2) is 25.4 Å². The van der Waals surface area contributed by atoms with Crippen molar-refractivity contribution in [2.45, 2.75) is 37.6 Å². The van der Waals surface area contributed by atoms with Crippen molar-refractivity contribution in [3.8, 4) is 0 Å². The molecule has 6 heteroatoms. The highest BCUT2D eigenvalue weighted by Gasteiger charge is 2.41. The van der Waals surface area contributed by atoms with Crippen molar-refractivity contribution < 1.29 is 22.6 Å². The standard InChI is InChI=1S/C15H20F3NO2/c1-2-21-14(6-8-20-9-7-14)13(19)11-4-3-5-12(10-11)15(16,17)18/h3-5,10,13H,2,6-9,19H2,1H3. The lowest BCUT2D eigenvalue weighted by molar-refractivity contribution is -0.138. The Morgan fingerprint density at radius 1 is 1.33 bits per heavy atom. The second-order valence-electron chi connectivity index (χ2n) is 5.21. The van der Waals surface area contributed by atoms with E-state index in [2.05, 4.69) is 0 Å². The van der Waals surface area contributed by atoms with E-state index in [9.17, 15) is 13.2 Å². The number of benzene rings is 1. The Morgan fingerprint density at radius 3 is 2.57 bits per heavy atom. The lowest BCUT2D eigenvalue weighted by Gasteiger charge is -2.41. The molecule has 1 heterocycles. The number of alkyl halides is 3. The van der Waals surface area contributed by atoms with Crippen LogP contribution >= 0.6 is 0 Å². The normalized spacial score (nSPS) is 20.2. The van der Waals surface area contributed by atoms with Crippen LogP contribution in [0, 0.1) is 0 Å². The zero-order valence-electron chi connectivity index (χ0n) is 12.0. The third-order valence-corrected chi connectivity index (χ3v) is 3.91. The van der Waals surface area contributed by atoms with Crippen molar-refractivity contribution in [1.82, 2.24) is 0 Å². The molecule has 0 bridgehead atoms. The van der Waals surface area contributed by atoms with Crippen molar-refractivity contribution >= 4 is 0 Å². The smallest absolute Gasteiger partial charge is 0.381 e. The van der Waals surface area contributed by atoms with E-state index in [0.717, 1.165) is 12.1 Å². The van der Waals surface area contributed by atoms with Gasteiger partial charge in [0.1, 0.15) is 0 Å². The van der Waals surface area contributed by atoms with Gasteiger partial charge in [0.25, 0.3) is 0 Å². The Balaban J connectivity index is 2.30. The molecule has 0 aromatic heterocycles. The fourth-order valence-corrected chi connectivity index (χ4v) is 2.76. The predicted molar refractivity (Wildman–Crippen MR) is 72.8 cm³/mol. The van der Waals surface area contributed by atoms with Crippen LogP contribution in [0.4, 0.5) is 13.2 Å². The third-order valence-electron chi connectivity index (χ3n) is 3.91. The third kappa shape index (κ3) is 3.56. The van der Waals surface area contributed by atoms with Gasteiger partial charge in [0.15, 0.2) is 0 Å². The van der Waals surface area contributed by atoms with Gasteiger partial charge in [-0.05, 0) is 24.6 Å². The molecule has 1 saturated heterocycles. The van der Waals surface area contributed by atoms with Gasteiger partial charge < -0.3 is 15.2 Å². The molecular weight excluding hydrogens is 283 g/mol. The van der Waals surface area contributed by atoms with E-state index in [-0.39, 0.29) is 0 Å². The highest BCUT2D eigenvalue weighted by atomic mass is 19.4. The van der Waals surface area contributed by atoms with Gasteiger partial charge in [-0.25, -0.2) is 0 Å². The largest absolute Gasteiger partial charge is 0.416 e. The predicted octanol–water partition coefficient (Wildman–Crippen LogP) is 3.29. The first-order valence-corrected chi connectivity index (χ1v) is 7.03. The highest BCUT2D eigenvalue weighted by Crippen LogP contribution is 2.38. The maximum Gasteiger partial charge on any atom is 0.416 e. The molecule has 3 nitrogen and oxygen atoms in total. The molecule has 0 amide bonds. The van der Waals surface area contributed by atoms with Crippen LogP contribution in [0.1, 0.15) is 36.9 Å². The van der Waals surface area contributed by atoms with Crippen molar-refractivity contribution in [3.63, 3.8) is 0 Å². The molecule has 1 aliphatic heterocycles. The summed E-state index contributed by atoms with van der Waals surface area (Å²) in [6.45, 7) is 3.34. The SMILES string of the molecule is CCOC1(C(N)c2cccc(C(F)(F)F)c2)CCOCC1. The van der Waals surface area contributed by atoms with Crippen LogP contribution in [0.15, 0.2) is 24.3 Å². The molecule has 1 unspecified atom stereocenters. The van der Waals surface area contributed by atoms with Gasteiger partial charge in [0, 0.05) is 32.7 Å². The van der Waals surface area contributed by atoms with E-state index in [1.165, 1.54) is 6.07 Å². The lowest BCUT2D eigenvalue weighted by Crippen LogP contribution is -2.48. The number of nitrogens with two attached hydrogens (primary N) is 1. The van der Waals surface area contributed by atoms with Gasteiger partial charge in [0.05, 0.1) is 17.2 Å². The fraction of sp³-hybridized carbons (Fsp3) is 0.600. The van der Waals surface area contributed by atoms with Gasteiger partial charge in [0.2, 0.25) is 0 Å². The number of ether oxygens (including phenoxy) is 2. The van der Waals surface area contributed by atoms with Gasteiger partial charge in [-0.15, -0.1) is 0 Å². The fourth-order valence-electron chi connectivity index (χ4n) is 2.76. The summed E-state index contributed by atoms with van der Waals surface area (Å²) >= 11 is 0. The number of hydrogen-bond donors (Lipinski definition) is 1. The second-order valence-corrected chi connectivity index (χ2v) is 5.21. The molecule has 21 heavy (non-hydrogen) atoms. The molecule has 2 rings (SSSR count). The molecule has 0 aliphatic carbocycles. The average Bonchev–Trinajstić information content (AvgIpc) is 2.47. The maximum atomic E-state index is 12.8. The summed E-state index contributed by atoms with van der Waals surface area (Å²) in [4.78, 5) is 0. The van der Waals surface area contributed by atoms with E-state index < -0.39 is 23.4 Å². The second kappa shape index (κ2) is 6.34. The Hall–Kier alpha value is -1.11. The number of halogens is 3. The average molecular weight is 303 g/mol. The monoisotopic (exact) mass is 303 g/mol. The molecule has 1 aromatic rings. The van der Waals surface area contributed by atoms with Gasteiger partial charge in [-0.1, -0.05) is 12.1 Å². The Labute approximate surface area is 122 Å². The zero-order chi connectivity index (χ0) is 15.5. The van der Waals surface area contributed by atoms with E-state index >= 15 is 0 Å². The molecule has 1 aromatic carbocycles. The lowest BCUT2D eigenvalue weighted by atomic mass is 9.82. The van der Waals surface area contributed by atoms with Crippen LogP contribution in [0.2, 0.25) is 0 Å². The highest BCUT2D eigenvalue weighted by molar-refractivity contribution is 5.29. The van der Waals surface area contributed by atoms with E-state index in [0.29, 0.717) is 38.2 Å². The molecule has 1 fully saturated rings. The minimum Gasteiger partial charge on any atom is -0.381 e. The van der Waals surface area contributed by atoms with Gasteiger partial charge >= 0.3 is 6.18 Å². The molecule has 0 saturated carbocycles. The Kier molecular flexibility index (Phi) is 4.91. The molecule has 2 N–H and O–H groups in total. The van der Waals surface area contributed by atoms with Crippen LogP contribution in [-0.2, 0) is 15.7 Å². The van der Waals surface area contributed by atoms with Gasteiger partial charge in [-0.3, -0.25) is 0 Å². The van der Waals surface area contributed by atoms with E-state index in [1.54, 1.807) is 6.07 Å². The molecule has 0 spiro atoms. The minimum absolute atomic E-state index is 0.445. The molecule has 1 atom stereocenters. The number of rotatable bonds is 4. The Bertz CT molecular complexity index is 465. The van der Waals surface area contributed by atoms with Crippen LogP contribution in [0.25, 0.3) is 0 Å². The van der Waals surface area contributed by atoms with Crippen LogP contribution in [0.5, 0.6) is 0 Å². The molecule has 1 aliphatic rings. The van der Waals surface area contributed by atoms with Crippen molar-refractivity contribution in [3.05, 3.63) is 35.4 Å². The minimum atomic E-state index is -4.37. The molecular formula is C15H20F3NO2. The summed E-state index contributed by atoms with van der Waals surface area (Å²) in [6.07, 6.45) is -3.21. The summed E-state index contributed by atoms with van der Waals surface area (Å²) in [5.74, 6) is 0. The first-order valence-electron chi connectivity index (χ1n) is 7.03. The number of hydrogen-bond acceptors (Lipinski definition) is 3. The van der Waals surface area contributed by atoms with Crippen LogP contribution < -0.4 is 5.73 Å². The first-order chi connectivity index (χ1) is 9.89. The topological polar surface area (TPSA) is 44.5 Å². The summed E-state index contributed by atoms with van der Waals surface area (Å²) in [5, 5.41) is 0. The summed E-state index contributed by atoms with van der Waals surface area (Å²) < 4.78 is 49.6. The first kappa shape index (κ1) is 16.3. The van der Waals surface area contributed by atoms with E-state index in [4.69, 9.17) is 15.2 Å².